The molecular formula is C52H52Cl2O2Si2Zr. The van der Waals surface area contributed by atoms with Crippen molar-refractivity contribution >= 4 is 48.5 Å². The molecule has 0 N–H and O–H groups in total. The summed E-state index contributed by atoms with van der Waals surface area (Å²) in [6.45, 7) is 14.5. The monoisotopic (exact) mass is 924 g/mol. The van der Waals surface area contributed by atoms with Gasteiger partial charge in [0.15, 0.2) is 0 Å². The van der Waals surface area contributed by atoms with Crippen LogP contribution in [-0.4, -0.2) is 16.6 Å². The minimum atomic E-state index is -2.90. The predicted octanol–water partition coefficient (Wildman–Crippen LogP) is 4.96. The van der Waals surface area contributed by atoms with Gasteiger partial charge in [-0.15, -0.1) is 0 Å². The van der Waals surface area contributed by atoms with Crippen LogP contribution in [0.1, 0.15) is 83.9 Å². The van der Waals surface area contributed by atoms with Gasteiger partial charge in [0.2, 0.25) is 0 Å². The van der Waals surface area contributed by atoms with E-state index in [1.165, 1.54) is 65.7 Å². The molecule has 6 aromatic carbocycles. The van der Waals surface area contributed by atoms with Gasteiger partial charge in [0.05, 0.1) is 0 Å². The molecule has 0 radical (unpaired) electrons. The van der Waals surface area contributed by atoms with Crippen LogP contribution in [0.15, 0.2) is 181 Å². The number of rotatable bonds is 8. The molecule has 298 valence electrons. The molecule has 0 fully saturated rings. The molecule has 1 heterocycles. The summed E-state index contributed by atoms with van der Waals surface area (Å²) in [7, 11) is -5.81. The fraction of sp³-hybridized carbons (Fsp3) is 0.231. The quantitative estimate of drug-likeness (QED) is 0.202. The van der Waals surface area contributed by atoms with E-state index in [1.54, 1.807) is 0 Å². The van der Waals surface area contributed by atoms with Crippen LogP contribution in [0.25, 0.3) is 11.1 Å². The zero-order chi connectivity index (χ0) is 39.4. The Balaban J connectivity index is 0.00000264. The number of allylic oxidation sites excluding steroid dienone is 4. The first-order chi connectivity index (χ1) is 27.5. The Bertz CT molecular complexity index is 2220. The number of benzene rings is 6. The van der Waals surface area contributed by atoms with Crippen LogP contribution in [0.2, 0.25) is 10.1 Å². The molecule has 2 nitrogen and oxygen atoms in total. The van der Waals surface area contributed by atoms with E-state index in [2.05, 4.69) is 211 Å². The second-order valence-electron chi connectivity index (χ2n) is 17.9. The van der Waals surface area contributed by atoms with Crippen molar-refractivity contribution in [1.82, 2.24) is 0 Å². The van der Waals surface area contributed by atoms with Gasteiger partial charge >= 0.3 is 356 Å². The topological polar surface area (TPSA) is 18.5 Å². The smallest absolute Gasteiger partial charge is 1.00 e. The van der Waals surface area contributed by atoms with Gasteiger partial charge in [0.1, 0.15) is 0 Å². The first-order valence-corrected chi connectivity index (χ1v) is 27.2. The molecular weight excluding hydrogens is 875 g/mol. The molecule has 2 aliphatic carbocycles. The summed E-state index contributed by atoms with van der Waals surface area (Å²) in [5.74, 6) is 2.51. The third-order valence-electron chi connectivity index (χ3n) is 12.6. The van der Waals surface area contributed by atoms with E-state index in [9.17, 15) is 0 Å². The first-order valence-electron chi connectivity index (χ1n) is 20.6. The molecule has 3 aliphatic rings. The van der Waals surface area contributed by atoms with Crippen molar-refractivity contribution in [2.45, 2.75) is 71.7 Å². The SMILES string of the molecule is CC(C)(C)[Si](OC1=C2CCC3=C(O[Si](c4ccccc4)(c4ccccc4)C(C)(C)C)[C@H]([Zr+2][C@H]1c1ccccc12)c1ccccc13)(c1ccccc1)c1ccccc1.[Cl-].[Cl-]. The standard InChI is InChI=1S/C52H52O2Si2.2ClH.Zr/c1-51(2,3)55(41-25-11-7-12-26-41,42-27-13-8-14-28-42)53-49-37-39-23-19-21-33-45(39)47(49)35-36-48-46-34-22-20-24-40(46)38-50(48)54-56(52(4,5)6,43-29-15-9-16-30-43)44-31-17-10-18-32-44;;;/h7-34,37-38H,35-36H2,1-6H3;2*1H;/q;;;+2/p-2. The van der Waals surface area contributed by atoms with Gasteiger partial charge in [-0.25, -0.2) is 0 Å². The fourth-order valence-electron chi connectivity index (χ4n) is 10.1. The molecule has 6 aromatic rings. The summed E-state index contributed by atoms with van der Waals surface area (Å²) in [6, 6.07) is 63.4. The Morgan fingerprint density at radius 1 is 0.407 bits per heavy atom. The molecule has 0 saturated heterocycles. The Morgan fingerprint density at radius 2 is 0.678 bits per heavy atom. The summed E-state index contributed by atoms with van der Waals surface area (Å²) in [5.41, 5.74) is 8.54. The molecule has 0 unspecified atom stereocenters. The summed E-state index contributed by atoms with van der Waals surface area (Å²) in [6.07, 6.45) is 1.81. The van der Waals surface area contributed by atoms with E-state index >= 15 is 0 Å². The molecule has 0 aromatic heterocycles. The Labute approximate surface area is 377 Å². The Kier molecular flexibility index (Phi) is 12.5. The van der Waals surface area contributed by atoms with Gasteiger partial charge in [-0.05, 0) is 0 Å². The van der Waals surface area contributed by atoms with Crippen LogP contribution in [0.3, 0.4) is 0 Å². The molecule has 0 amide bonds. The van der Waals surface area contributed by atoms with Crippen LogP contribution in [-0.2, 0) is 32.1 Å². The average molecular weight is 927 g/mol. The zero-order valence-corrected chi connectivity index (χ0v) is 40.8. The molecule has 59 heavy (non-hydrogen) atoms. The van der Waals surface area contributed by atoms with Gasteiger partial charge in [-0.2, -0.15) is 0 Å². The maximum Gasteiger partial charge on any atom is -1.00 e. The van der Waals surface area contributed by atoms with Gasteiger partial charge < -0.3 is 24.8 Å². The van der Waals surface area contributed by atoms with Crippen molar-refractivity contribution in [1.29, 1.82) is 0 Å². The summed E-state index contributed by atoms with van der Waals surface area (Å²) in [5, 5.41) is 5.04. The van der Waals surface area contributed by atoms with Crippen LogP contribution in [0.5, 0.6) is 0 Å². The van der Waals surface area contributed by atoms with Gasteiger partial charge in [0.25, 0.3) is 0 Å². The molecule has 9 rings (SSSR count). The van der Waals surface area contributed by atoms with Gasteiger partial charge in [-0.3, -0.25) is 0 Å². The minimum absolute atomic E-state index is 0. The third-order valence-corrected chi connectivity index (χ3v) is 27.0. The molecule has 4 bridgehead atoms. The van der Waals surface area contributed by atoms with Crippen molar-refractivity contribution in [2.24, 2.45) is 0 Å². The maximum absolute atomic E-state index is 8.21. The number of halogens is 2. The molecule has 0 saturated carbocycles. The summed E-state index contributed by atoms with van der Waals surface area (Å²) in [4.78, 5) is 0. The number of fused-ring (bicyclic) bond motifs is 8. The molecule has 1 aliphatic heterocycles. The molecule has 0 spiro atoms. The van der Waals surface area contributed by atoms with Crippen molar-refractivity contribution < 1.29 is 56.9 Å². The number of hydrogen-bond donors (Lipinski definition) is 0. The molecule has 2 atom stereocenters. The van der Waals surface area contributed by atoms with Gasteiger partial charge in [0, 0.05) is 0 Å². The van der Waals surface area contributed by atoms with Crippen molar-refractivity contribution in [2.75, 3.05) is 0 Å². The van der Waals surface area contributed by atoms with E-state index in [1.807, 2.05) is 0 Å². The fourth-order valence-corrected chi connectivity index (χ4v) is 24.5. The Hall–Kier alpha value is -3.70. The van der Waals surface area contributed by atoms with E-state index in [0.717, 1.165) is 12.8 Å². The van der Waals surface area contributed by atoms with Crippen molar-refractivity contribution in [3.8, 4) is 0 Å². The minimum Gasteiger partial charge on any atom is -1.00 e. The van der Waals surface area contributed by atoms with E-state index < -0.39 is 39.9 Å². The zero-order valence-electron chi connectivity index (χ0n) is 34.8. The van der Waals surface area contributed by atoms with E-state index in [0.29, 0.717) is 0 Å². The average Bonchev–Trinajstić information content (AvgIpc) is 3.69. The first kappa shape index (κ1) is 43.4. The Morgan fingerprint density at radius 3 is 0.966 bits per heavy atom. The largest absolute Gasteiger partial charge is 1.00 e. The summed E-state index contributed by atoms with van der Waals surface area (Å²) >= 11 is -1.47. The van der Waals surface area contributed by atoms with E-state index in [-0.39, 0.29) is 42.1 Å². The second kappa shape index (κ2) is 17.0. The van der Waals surface area contributed by atoms with Crippen LogP contribution >= 0.6 is 0 Å². The van der Waals surface area contributed by atoms with Crippen molar-refractivity contribution in [3.05, 3.63) is 204 Å². The second-order valence-corrected chi connectivity index (χ2v) is 30.0. The third kappa shape index (κ3) is 7.23. The summed E-state index contributed by atoms with van der Waals surface area (Å²) < 4.78 is 16.9. The van der Waals surface area contributed by atoms with Crippen LogP contribution < -0.4 is 45.6 Å². The number of hydrogen-bond acceptors (Lipinski definition) is 2. The van der Waals surface area contributed by atoms with Crippen molar-refractivity contribution in [3.63, 3.8) is 0 Å². The van der Waals surface area contributed by atoms with Gasteiger partial charge in [-0.1, -0.05) is 0 Å². The van der Waals surface area contributed by atoms with E-state index in [4.69, 9.17) is 8.85 Å². The van der Waals surface area contributed by atoms with Crippen LogP contribution in [0, 0.1) is 0 Å². The predicted molar refractivity (Wildman–Crippen MR) is 239 cm³/mol. The normalized spacial score (nSPS) is 17.1. The maximum atomic E-state index is 8.21. The molecule has 7 heteroatoms. The van der Waals surface area contributed by atoms with Crippen LogP contribution in [0.4, 0.5) is 0 Å².